The Morgan fingerprint density at radius 2 is 1.21 bits per heavy atom. The Labute approximate surface area is 232 Å². The molecule has 0 bridgehead atoms. The molecule has 38 heavy (non-hydrogen) atoms. The first kappa shape index (κ1) is 22.1. The molecule has 0 fully saturated rings. The molecule has 1 nitrogen and oxygen atoms in total. The van der Waals surface area contributed by atoms with Gasteiger partial charge in [0, 0.05) is 47.0 Å². The van der Waals surface area contributed by atoms with E-state index in [-0.39, 0.29) is 0 Å². The fourth-order valence-corrected chi connectivity index (χ4v) is 8.25. The largest absolute Gasteiger partial charge is 0.310 e. The highest BCUT2D eigenvalue weighted by atomic mass is 35.5. The van der Waals surface area contributed by atoms with Gasteiger partial charge >= 0.3 is 0 Å². The van der Waals surface area contributed by atoms with Crippen LogP contribution in [0.5, 0.6) is 0 Å². The summed E-state index contributed by atoms with van der Waals surface area (Å²) in [7, 11) is 0. The van der Waals surface area contributed by atoms with Crippen molar-refractivity contribution in [3.05, 3.63) is 126 Å². The zero-order valence-electron chi connectivity index (χ0n) is 20.2. The summed E-state index contributed by atoms with van der Waals surface area (Å²) in [6.07, 6.45) is 0. The predicted molar refractivity (Wildman–Crippen MR) is 169 cm³/mol. The monoisotopic (exact) mass is 541 g/mol. The van der Waals surface area contributed by atoms with Gasteiger partial charge in [-0.2, -0.15) is 0 Å². The van der Waals surface area contributed by atoms with Gasteiger partial charge in [-0.25, -0.2) is 0 Å². The molecule has 0 unspecified atom stereocenters. The topological polar surface area (TPSA) is 3.24 Å². The highest BCUT2D eigenvalue weighted by Gasteiger charge is 2.21. The number of halogens is 1. The van der Waals surface area contributed by atoms with Gasteiger partial charge in [-0.15, -0.1) is 22.7 Å². The highest BCUT2D eigenvalue weighted by Crippen LogP contribution is 2.49. The molecule has 4 heteroatoms. The second kappa shape index (κ2) is 8.57. The number of rotatable bonds is 3. The van der Waals surface area contributed by atoms with Crippen LogP contribution in [-0.2, 0) is 0 Å². The highest BCUT2D eigenvalue weighted by molar-refractivity contribution is 7.27. The number of para-hydroxylation sites is 1. The summed E-state index contributed by atoms with van der Waals surface area (Å²) >= 11 is 10.2. The smallest absolute Gasteiger partial charge is 0.0584 e. The Kier molecular flexibility index (Phi) is 4.99. The van der Waals surface area contributed by atoms with Gasteiger partial charge in [-0.3, -0.25) is 0 Å². The van der Waals surface area contributed by atoms with Crippen LogP contribution in [0.3, 0.4) is 0 Å². The van der Waals surface area contributed by atoms with Crippen LogP contribution in [0.1, 0.15) is 0 Å². The molecule has 8 rings (SSSR count). The van der Waals surface area contributed by atoms with Crippen molar-refractivity contribution in [3.63, 3.8) is 0 Å². The number of benzene rings is 6. The molecular formula is C34H20ClNS2. The quantitative estimate of drug-likeness (QED) is 0.215. The second-order valence-electron chi connectivity index (χ2n) is 9.49. The number of thiophene rings is 2. The standard InChI is InChI=1S/C34H20ClNS2/c35-28-15-8-14-25-27-20-23(17-18-31(27)37-33(25)28)36(22-10-2-1-3-11-22)29-19-21-9-4-5-12-24(21)34-32(29)26-13-6-7-16-30(26)38-34/h1-20H. The van der Waals surface area contributed by atoms with Crippen molar-refractivity contribution in [1.82, 2.24) is 0 Å². The van der Waals surface area contributed by atoms with E-state index in [9.17, 15) is 0 Å². The van der Waals surface area contributed by atoms with E-state index in [4.69, 9.17) is 11.6 Å². The van der Waals surface area contributed by atoms with Gasteiger partial charge in [0.1, 0.15) is 0 Å². The van der Waals surface area contributed by atoms with Crippen LogP contribution in [0.25, 0.3) is 51.1 Å². The fraction of sp³-hybridized carbons (Fsp3) is 0. The minimum absolute atomic E-state index is 0.811. The van der Waals surface area contributed by atoms with Crippen LogP contribution in [0.15, 0.2) is 121 Å². The van der Waals surface area contributed by atoms with E-state index in [0.717, 1.165) is 21.1 Å². The van der Waals surface area contributed by atoms with Gasteiger partial charge < -0.3 is 4.90 Å². The van der Waals surface area contributed by atoms with E-state index < -0.39 is 0 Å². The maximum absolute atomic E-state index is 6.59. The van der Waals surface area contributed by atoms with Crippen molar-refractivity contribution in [2.24, 2.45) is 0 Å². The zero-order valence-corrected chi connectivity index (χ0v) is 22.6. The molecule has 0 aliphatic carbocycles. The SMILES string of the molecule is Clc1cccc2c1sc1ccc(N(c3ccccc3)c3cc4ccccc4c4sc5ccccc5c34)cc12. The molecule has 2 heterocycles. The number of nitrogens with zero attached hydrogens (tertiary/aromatic N) is 1. The Hall–Kier alpha value is -3.89. The molecule has 180 valence electrons. The van der Waals surface area contributed by atoms with Gasteiger partial charge in [0.25, 0.3) is 0 Å². The van der Waals surface area contributed by atoms with Crippen LogP contribution in [-0.4, -0.2) is 0 Å². The molecule has 0 radical (unpaired) electrons. The molecule has 0 saturated carbocycles. The van der Waals surface area contributed by atoms with Crippen LogP contribution < -0.4 is 4.90 Å². The third-order valence-corrected chi connectivity index (χ3v) is 10.1. The Morgan fingerprint density at radius 1 is 0.500 bits per heavy atom. The van der Waals surface area contributed by atoms with Crippen molar-refractivity contribution in [2.45, 2.75) is 0 Å². The molecule has 0 aliphatic rings. The Balaban J connectivity index is 1.50. The third kappa shape index (κ3) is 3.30. The molecule has 2 aromatic heterocycles. The molecule has 6 aromatic carbocycles. The van der Waals surface area contributed by atoms with E-state index in [0.29, 0.717) is 0 Å². The zero-order chi connectivity index (χ0) is 25.2. The van der Waals surface area contributed by atoms with Crippen molar-refractivity contribution in [3.8, 4) is 0 Å². The first-order valence-corrected chi connectivity index (χ1v) is 14.6. The summed E-state index contributed by atoms with van der Waals surface area (Å²) in [5.41, 5.74) is 3.46. The van der Waals surface area contributed by atoms with Gasteiger partial charge in [0.2, 0.25) is 0 Å². The predicted octanol–water partition coefficient (Wildman–Crippen LogP) is 11.7. The van der Waals surface area contributed by atoms with Gasteiger partial charge in [-0.1, -0.05) is 84.4 Å². The molecule has 8 aromatic rings. The van der Waals surface area contributed by atoms with Gasteiger partial charge in [-0.05, 0) is 59.3 Å². The molecular weight excluding hydrogens is 522 g/mol. The maximum Gasteiger partial charge on any atom is 0.0584 e. The number of hydrogen-bond acceptors (Lipinski definition) is 3. The Morgan fingerprint density at radius 3 is 2.11 bits per heavy atom. The third-order valence-electron chi connectivity index (χ3n) is 7.30. The molecule has 0 spiro atoms. The summed E-state index contributed by atoms with van der Waals surface area (Å²) < 4.78 is 5.02. The molecule has 0 atom stereocenters. The summed E-state index contributed by atoms with van der Waals surface area (Å²) in [6.45, 7) is 0. The second-order valence-corrected chi connectivity index (χ2v) is 12.0. The molecule has 0 aliphatic heterocycles. The van der Waals surface area contributed by atoms with E-state index in [1.54, 1.807) is 11.3 Å². The van der Waals surface area contributed by atoms with Crippen LogP contribution in [0.4, 0.5) is 17.1 Å². The first-order valence-electron chi connectivity index (χ1n) is 12.6. The number of fused-ring (bicyclic) bond motifs is 8. The van der Waals surface area contributed by atoms with Crippen molar-refractivity contribution in [1.29, 1.82) is 0 Å². The fourth-order valence-electron chi connectivity index (χ4n) is 5.61. The van der Waals surface area contributed by atoms with Gasteiger partial charge in [0.15, 0.2) is 0 Å². The minimum Gasteiger partial charge on any atom is -0.310 e. The van der Waals surface area contributed by atoms with E-state index >= 15 is 0 Å². The molecule has 0 amide bonds. The lowest BCUT2D eigenvalue weighted by Crippen LogP contribution is -2.10. The van der Waals surface area contributed by atoms with Crippen LogP contribution >= 0.6 is 34.3 Å². The van der Waals surface area contributed by atoms with E-state index in [1.807, 2.05) is 23.5 Å². The lowest BCUT2D eigenvalue weighted by molar-refractivity contribution is 1.31. The molecule has 0 N–H and O–H groups in total. The maximum atomic E-state index is 6.59. The summed E-state index contributed by atoms with van der Waals surface area (Å²) in [4.78, 5) is 2.42. The van der Waals surface area contributed by atoms with Crippen molar-refractivity contribution in [2.75, 3.05) is 4.90 Å². The van der Waals surface area contributed by atoms with Crippen LogP contribution in [0.2, 0.25) is 5.02 Å². The Bertz CT molecular complexity index is 2160. The lowest BCUT2D eigenvalue weighted by Gasteiger charge is -2.27. The summed E-state index contributed by atoms with van der Waals surface area (Å²) in [5.74, 6) is 0. The van der Waals surface area contributed by atoms with Crippen LogP contribution in [0, 0.1) is 0 Å². The average Bonchev–Trinajstić information content (AvgIpc) is 3.54. The minimum atomic E-state index is 0.811. The van der Waals surface area contributed by atoms with E-state index in [1.165, 1.54) is 52.1 Å². The number of hydrogen-bond donors (Lipinski definition) is 0. The number of anilines is 3. The normalized spacial score (nSPS) is 11.8. The average molecular weight is 542 g/mol. The van der Waals surface area contributed by atoms with Gasteiger partial charge in [0.05, 0.1) is 15.4 Å². The first-order chi connectivity index (χ1) is 18.8. The summed E-state index contributed by atoms with van der Waals surface area (Å²) in [5, 5.41) is 8.39. The lowest BCUT2D eigenvalue weighted by atomic mass is 10.0. The van der Waals surface area contributed by atoms with Crippen molar-refractivity contribution < 1.29 is 0 Å². The van der Waals surface area contributed by atoms with E-state index in [2.05, 4.69) is 114 Å². The molecule has 0 saturated heterocycles. The van der Waals surface area contributed by atoms with Crippen molar-refractivity contribution >= 4 is 102 Å². The summed E-state index contributed by atoms with van der Waals surface area (Å²) in [6, 6.07) is 43.6.